The first-order valence-corrected chi connectivity index (χ1v) is 5.00. The summed E-state index contributed by atoms with van der Waals surface area (Å²) in [4.78, 5) is 17.9. The van der Waals surface area contributed by atoms with Crippen molar-refractivity contribution in [3.8, 4) is 0 Å². The topological polar surface area (TPSA) is 49.2 Å². The number of hydrogen-bond donors (Lipinski definition) is 2. The zero-order valence-electron chi connectivity index (χ0n) is 8.66. The average molecular weight is 213 g/mol. The zero-order chi connectivity index (χ0) is 11.4. The molecule has 0 spiro atoms. The molecule has 1 amide bonds. The molecule has 0 aliphatic rings. The van der Waals surface area contributed by atoms with E-state index in [1.54, 1.807) is 6.07 Å². The molecule has 1 aromatic carbocycles. The van der Waals surface area contributed by atoms with Crippen LogP contribution in [0, 0.1) is 6.57 Å². The van der Waals surface area contributed by atoms with Gasteiger partial charge in [-0.1, -0.05) is 6.07 Å². The lowest BCUT2D eigenvalue weighted by Crippen LogP contribution is -2.25. The molecule has 80 valence electrons. The maximum absolute atomic E-state index is 11.7. The first-order valence-electron chi connectivity index (χ1n) is 5.00. The van der Waals surface area contributed by atoms with E-state index in [-0.39, 0.29) is 5.91 Å². The molecule has 0 saturated carbocycles. The Hall–Kier alpha value is -2.28. The number of fused-ring (bicyclic) bond motifs is 1. The van der Waals surface area contributed by atoms with Crippen LogP contribution in [0.3, 0.4) is 0 Å². The second-order valence-corrected chi connectivity index (χ2v) is 3.42. The van der Waals surface area contributed by atoms with Gasteiger partial charge in [0.1, 0.15) is 0 Å². The number of H-pyrrole nitrogens is 1. The molecule has 4 nitrogen and oxygen atoms in total. The van der Waals surface area contributed by atoms with E-state index in [1.165, 1.54) is 0 Å². The molecule has 1 heterocycles. The van der Waals surface area contributed by atoms with Gasteiger partial charge in [-0.2, -0.15) is 0 Å². The zero-order valence-corrected chi connectivity index (χ0v) is 8.66. The summed E-state index contributed by atoms with van der Waals surface area (Å²) in [5, 5.41) is 3.77. The summed E-state index contributed by atoms with van der Waals surface area (Å²) in [5.74, 6) is -0.139. The number of aromatic amines is 1. The minimum absolute atomic E-state index is 0.139. The number of carbonyl (C=O) groups is 1. The second kappa shape index (κ2) is 4.49. The molecule has 0 atom stereocenters. The van der Waals surface area contributed by atoms with E-state index in [2.05, 4.69) is 15.1 Å². The average Bonchev–Trinajstić information content (AvgIpc) is 2.76. The van der Waals surface area contributed by atoms with E-state index >= 15 is 0 Å². The predicted molar refractivity (Wildman–Crippen MR) is 62.1 cm³/mol. The molecule has 0 unspecified atom stereocenters. The fourth-order valence-electron chi connectivity index (χ4n) is 1.52. The molecule has 2 rings (SSSR count). The lowest BCUT2D eigenvalue weighted by atomic mass is 10.1. The van der Waals surface area contributed by atoms with Crippen molar-refractivity contribution in [3.05, 3.63) is 47.4 Å². The van der Waals surface area contributed by atoms with Gasteiger partial charge in [0.2, 0.25) is 6.54 Å². The van der Waals surface area contributed by atoms with Crippen molar-refractivity contribution in [2.75, 3.05) is 13.1 Å². The van der Waals surface area contributed by atoms with E-state index in [0.29, 0.717) is 18.7 Å². The summed E-state index contributed by atoms with van der Waals surface area (Å²) >= 11 is 0. The fourth-order valence-corrected chi connectivity index (χ4v) is 1.52. The Bertz CT molecular complexity index is 551. The smallest absolute Gasteiger partial charge is 0.251 e. The molecule has 2 N–H and O–H groups in total. The standard InChI is InChI=1S/C12H11N3O/c1-13-6-7-15-12(16)10-3-2-9-4-5-14-11(9)8-10/h2-5,8,14H,6-7H2,(H,15,16). The Morgan fingerprint density at radius 2 is 2.31 bits per heavy atom. The normalized spacial score (nSPS) is 9.94. The molecule has 0 saturated heterocycles. The highest BCUT2D eigenvalue weighted by Crippen LogP contribution is 2.13. The van der Waals surface area contributed by atoms with Crippen molar-refractivity contribution in [2.45, 2.75) is 0 Å². The van der Waals surface area contributed by atoms with Crippen LogP contribution in [0.5, 0.6) is 0 Å². The quantitative estimate of drug-likeness (QED) is 0.593. The number of aromatic nitrogens is 1. The van der Waals surface area contributed by atoms with Crippen LogP contribution >= 0.6 is 0 Å². The molecule has 0 bridgehead atoms. The van der Waals surface area contributed by atoms with E-state index in [9.17, 15) is 4.79 Å². The van der Waals surface area contributed by atoms with Crippen molar-refractivity contribution in [2.24, 2.45) is 0 Å². The summed E-state index contributed by atoms with van der Waals surface area (Å²) < 4.78 is 0. The molecular weight excluding hydrogens is 202 g/mol. The van der Waals surface area contributed by atoms with Crippen LogP contribution in [0.15, 0.2) is 30.5 Å². The van der Waals surface area contributed by atoms with E-state index in [1.807, 2.05) is 24.4 Å². The molecule has 2 aromatic rings. The summed E-state index contributed by atoms with van der Waals surface area (Å²) in [5.41, 5.74) is 1.55. The van der Waals surface area contributed by atoms with Crippen molar-refractivity contribution in [1.82, 2.24) is 10.3 Å². The van der Waals surface area contributed by atoms with Gasteiger partial charge in [0.15, 0.2) is 0 Å². The van der Waals surface area contributed by atoms with Crippen molar-refractivity contribution in [1.29, 1.82) is 0 Å². The SMILES string of the molecule is [C-]#[N+]CCNC(=O)c1ccc2cc[nH]c2c1. The van der Waals surface area contributed by atoms with Gasteiger partial charge in [-0.15, -0.1) is 0 Å². The monoisotopic (exact) mass is 213 g/mol. The van der Waals surface area contributed by atoms with Crippen molar-refractivity contribution < 1.29 is 4.79 Å². The van der Waals surface area contributed by atoms with E-state index in [4.69, 9.17) is 6.57 Å². The summed E-state index contributed by atoms with van der Waals surface area (Å²) in [6.07, 6.45) is 1.84. The molecule has 1 aromatic heterocycles. The first-order chi connectivity index (χ1) is 7.81. The number of nitrogens with one attached hydrogen (secondary N) is 2. The van der Waals surface area contributed by atoms with Gasteiger partial charge in [-0.3, -0.25) is 4.79 Å². The third kappa shape index (κ3) is 2.04. The molecule has 16 heavy (non-hydrogen) atoms. The van der Waals surface area contributed by atoms with Gasteiger partial charge < -0.3 is 15.1 Å². The van der Waals surface area contributed by atoms with Gasteiger partial charge in [0.25, 0.3) is 5.91 Å². The fraction of sp³-hybridized carbons (Fsp3) is 0.167. The van der Waals surface area contributed by atoms with Crippen LogP contribution in [0.2, 0.25) is 0 Å². The van der Waals surface area contributed by atoms with Crippen LogP contribution in [0.1, 0.15) is 10.4 Å². The number of amides is 1. The van der Waals surface area contributed by atoms with Gasteiger partial charge in [0.05, 0.1) is 6.54 Å². The summed E-state index contributed by atoms with van der Waals surface area (Å²) in [6, 6.07) is 7.44. The van der Waals surface area contributed by atoms with Gasteiger partial charge in [-0.25, -0.2) is 6.57 Å². The summed E-state index contributed by atoms with van der Waals surface area (Å²) in [6.45, 7) is 7.32. The summed E-state index contributed by atoms with van der Waals surface area (Å²) in [7, 11) is 0. The Morgan fingerprint density at radius 3 is 3.12 bits per heavy atom. The molecule has 0 fully saturated rings. The molecule has 0 aliphatic carbocycles. The number of nitrogens with zero attached hydrogens (tertiary/aromatic N) is 1. The highest BCUT2D eigenvalue weighted by Gasteiger charge is 2.06. The lowest BCUT2D eigenvalue weighted by molar-refractivity contribution is 0.0955. The highest BCUT2D eigenvalue weighted by atomic mass is 16.1. The maximum atomic E-state index is 11.7. The Balaban J connectivity index is 2.13. The third-order valence-electron chi connectivity index (χ3n) is 2.33. The number of benzene rings is 1. The minimum atomic E-state index is -0.139. The Labute approximate surface area is 93.1 Å². The highest BCUT2D eigenvalue weighted by molar-refractivity contribution is 5.97. The minimum Gasteiger partial charge on any atom is -0.361 e. The maximum Gasteiger partial charge on any atom is 0.251 e. The number of carbonyl (C=O) groups excluding carboxylic acids is 1. The Kier molecular flexibility index (Phi) is 2.88. The van der Waals surface area contributed by atoms with Crippen LogP contribution in [-0.2, 0) is 0 Å². The number of hydrogen-bond acceptors (Lipinski definition) is 1. The number of rotatable bonds is 3. The third-order valence-corrected chi connectivity index (χ3v) is 2.33. The van der Waals surface area contributed by atoms with Gasteiger partial charge in [-0.05, 0) is 23.6 Å². The molecule has 0 radical (unpaired) electrons. The molecule has 0 aliphatic heterocycles. The molecular formula is C12H11N3O. The predicted octanol–water partition coefficient (Wildman–Crippen LogP) is 1.82. The van der Waals surface area contributed by atoms with Crippen molar-refractivity contribution in [3.63, 3.8) is 0 Å². The van der Waals surface area contributed by atoms with Crippen LogP contribution in [-0.4, -0.2) is 24.0 Å². The van der Waals surface area contributed by atoms with Crippen LogP contribution < -0.4 is 5.32 Å². The largest absolute Gasteiger partial charge is 0.361 e. The van der Waals surface area contributed by atoms with Crippen LogP contribution in [0.4, 0.5) is 0 Å². The Morgan fingerprint density at radius 1 is 1.44 bits per heavy atom. The van der Waals surface area contributed by atoms with E-state index < -0.39 is 0 Å². The second-order valence-electron chi connectivity index (χ2n) is 3.42. The lowest BCUT2D eigenvalue weighted by Gasteiger charge is -2.01. The van der Waals surface area contributed by atoms with Crippen LogP contribution in [0.25, 0.3) is 15.7 Å². The van der Waals surface area contributed by atoms with Gasteiger partial charge in [0, 0.05) is 17.3 Å². The van der Waals surface area contributed by atoms with E-state index in [0.717, 1.165) is 10.9 Å². The molecule has 4 heteroatoms. The van der Waals surface area contributed by atoms with Gasteiger partial charge >= 0.3 is 0 Å². The first kappa shape index (κ1) is 10.2. The van der Waals surface area contributed by atoms with Crippen molar-refractivity contribution >= 4 is 16.8 Å².